The fourth-order valence-corrected chi connectivity index (χ4v) is 4.39. The summed E-state index contributed by atoms with van der Waals surface area (Å²) in [6.07, 6.45) is 0.944. The summed E-state index contributed by atoms with van der Waals surface area (Å²) in [7, 11) is 1.76. The fraction of sp³-hybridized carbons (Fsp3) is 0.714. The van der Waals surface area contributed by atoms with E-state index < -0.39 is 0 Å². The van der Waals surface area contributed by atoms with Crippen molar-refractivity contribution in [2.24, 2.45) is 0 Å². The lowest BCUT2D eigenvalue weighted by atomic mass is 9.93. The first-order chi connectivity index (χ1) is 11.5. The quantitative estimate of drug-likeness (QED) is 0.810. The first-order valence-corrected chi connectivity index (χ1v) is 9.44. The van der Waals surface area contributed by atoms with Crippen molar-refractivity contribution in [1.29, 1.82) is 0 Å². The molecule has 0 saturated carbocycles. The van der Waals surface area contributed by atoms with Crippen molar-refractivity contribution < 1.29 is 9.47 Å². The number of anilines is 1. The molecular weight excluding hydrogens is 312 g/mol. The van der Waals surface area contributed by atoms with Crippen molar-refractivity contribution >= 4 is 5.69 Å². The molecule has 1 aromatic rings. The third-order valence-corrected chi connectivity index (χ3v) is 5.71. The van der Waals surface area contributed by atoms with Gasteiger partial charge in [0.15, 0.2) is 11.5 Å². The van der Waals surface area contributed by atoms with E-state index in [-0.39, 0.29) is 11.1 Å². The van der Waals surface area contributed by atoms with Crippen LogP contribution in [0.1, 0.15) is 51.3 Å². The highest BCUT2D eigenvalue weighted by molar-refractivity contribution is 5.73. The summed E-state index contributed by atoms with van der Waals surface area (Å²) >= 11 is 0. The van der Waals surface area contributed by atoms with Gasteiger partial charge in [0.2, 0.25) is 0 Å². The van der Waals surface area contributed by atoms with Crippen LogP contribution in [0.2, 0.25) is 0 Å². The number of piperazine rings is 1. The van der Waals surface area contributed by atoms with Crippen LogP contribution in [0.25, 0.3) is 0 Å². The highest BCUT2D eigenvalue weighted by Gasteiger charge is 2.37. The van der Waals surface area contributed by atoms with Crippen LogP contribution < -0.4 is 14.4 Å². The summed E-state index contributed by atoms with van der Waals surface area (Å²) in [5.41, 5.74) is 5.33. The van der Waals surface area contributed by atoms with Crippen molar-refractivity contribution in [3.05, 3.63) is 16.7 Å². The molecule has 3 rings (SSSR count). The smallest absolute Gasteiger partial charge is 0.166 e. The van der Waals surface area contributed by atoms with Crippen molar-refractivity contribution in [3.63, 3.8) is 0 Å². The van der Waals surface area contributed by atoms with Crippen molar-refractivity contribution in [3.8, 4) is 11.5 Å². The lowest BCUT2D eigenvalue weighted by Gasteiger charge is -2.44. The van der Waals surface area contributed by atoms with Crippen molar-refractivity contribution in [2.75, 3.05) is 38.2 Å². The number of hydrogen-bond donors (Lipinski definition) is 0. The van der Waals surface area contributed by atoms with Crippen LogP contribution >= 0.6 is 0 Å². The van der Waals surface area contributed by atoms with Gasteiger partial charge in [0.1, 0.15) is 5.60 Å². The zero-order valence-corrected chi connectivity index (χ0v) is 17.2. The lowest BCUT2D eigenvalue weighted by Crippen LogP contribution is -2.53. The average Bonchev–Trinajstić information content (AvgIpc) is 2.83. The summed E-state index contributed by atoms with van der Waals surface area (Å²) in [6, 6.07) is 0. The van der Waals surface area contributed by atoms with Gasteiger partial charge in [-0.05, 0) is 54.0 Å². The number of ether oxygens (including phenoxy) is 2. The largest absolute Gasteiger partial charge is 0.492 e. The molecule has 0 amide bonds. The highest BCUT2D eigenvalue weighted by atomic mass is 16.5. The molecular formula is C21H34N2O2. The predicted molar refractivity (Wildman–Crippen MR) is 104 cm³/mol. The normalized spacial score (nSPS) is 20.4. The molecule has 25 heavy (non-hydrogen) atoms. The van der Waals surface area contributed by atoms with Gasteiger partial charge in [-0.25, -0.2) is 0 Å². The van der Waals surface area contributed by atoms with Gasteiger partial charge < -0.3 is 14.4 Å². The van der Waals surface area contributed by atoms with Gasteiger partial charge in [-0.1, -0.05) is 0 Å². The molecule has 0 spiro atoms. The number of fused-ring (bicyclic) bond motifs is 1. The summed E-state index contributed by atoms with van der Waals surface area (Å²) in [4.78, 5) is 5.12. The van der Waals surface area contributed by atoms with E-state index in [0.717, 1.165) is 44.1 Å². The molecule has 0 aliphatic carbocycles. The number of methoxy groups -OCH3 is 1. The second-order valence-corrected chi connectivity index (χ2v) is 9.12. The zero-order valence-electron chi connectivity index (χ0n) is 17.2. The van der Waals surface area contributed by atoms with Gasteiger partial charge in [0, 0.05) is 55.0 Å². The average molecular weight is 347 g/mol. The van der Waals surface area contributed by atoms with E-state index in [0.29, 0.717) is 0 Å². The molecule has 0 N–H and O–H groups in total. The van der Waals surface area contributed by atoms with E-state index in [4.69, 9.17) is 9.47 Å². The Morgan fingerprint density at radius 3 is 2.12 bits per heavy atom. The van der Waals surface area contributed by atoms with E-state index in [9.17, 15) is 0 Å². The molecule has 0 atom stereocenters. The Kier molecular flexibility index (Phi) is 4.47. The topological polar surface area (TPSA) is 24.9 Å². The molecule has 2 heterocycles. The summed E-state index contributed by atoms with van der Waals surface area (Å²) in [5, 5.41) is 0. The molecule has 0 aromatic heterocycles. The lowest BCUT2D eigenvalue weighted by molar-refractivity contribution is 0.128. The first kappa shape index (κ1) is 18.4. The van der Waals surface area contributed by atoms with Crippen LogP contribution in [0, 0.1) is 13.8 Å². The molecule has 2 aliphatic rings. The molecule has 140 valence electrons. The molecule has 1 fully saturated rings. The van der Waals surface area contributed by atoms with E-state index >= 15 is 0 Å². The summed E-state index contributed by atoms with van der Waals surface area (Å²) in [5.74, 6) is 1.87. The monoisotopic (exact) mass is 346 g/mol. The zero-order chi connectivity index (χ0) is 18.6. The molecule has 0 bridgehead atoms. The Labute approximate surface area is 153 Å². The van der Waals surface area contributed by atoms with E-state index in [1.165, 1.54) is 22.4 Å². The van der Waals surface area contributed by atoms with Crippen LogP contribution in [-0.4, -0.2) is 49.3 Å². The van der Waals surface area contributed by atoms with Crippen molar-refractivity contribution in [2.45, 2.75) is 66.0 Å². The summed E-state index contributed by atoms with van der Waals surface area (Å²) in [6.45, 7) is 20.0. The third kappa shape index (κ3) is 3.21. The maximum atomic E-state index is 6.23. The Balaban J connectivity index is 1.96. The van der Waals surface area contributed by atoms with Gasteiger partial charge in [-0.3, -0.25) is 4.90 Å². The van der Waals surface area contributed by atoms with Crippen LogP contribution in [-0.2, 0) is 6.42 Å². The van der Waals surface area contributed by atoms with E-state index in [1.54, 1.807) is 7.11 Å². The minimum atomic E-state index is -0.156. The highest BCUT2D eigenvalue weighted by Crippen LogP contribution is 2.49. The van der Waals surface area contributed by atoms with Crippen LogP contribution in [0.4, 0.5) is 5.69 Å². The maximum Gasteiger partial charge on any atom is 0.166 e. The third-order valence-electron chi connectivity index (χ3n) is 5.71. The van der Waals surface area contributed by atoms with Crippen molar-refractivity contribution in [1.82, 2.24) is 4.90 Å². The Morgan fingerprint density at radius 1 is 1.00 bits per heavy atom. The molecule has 2 aliphatic heterocycles. The molecule has 0 unspecified atom stereocenters. The van der Waals surface area contributed by atoms with E-state index in [2.05, 4.69) is 58.3 Å². The van der Waals surface area contributed by atoms with Gasteiger partial charge in [0.05, 0.1) is 7.11 Å². The molecule has 0 radical (unpaired) electrons. The predicted octanol–water partition coefficient (Wildman–Crippen LogP) is 3.95. The summed E-state index contributed by atoms with van der Waals surface area (Å²) < 4.78 is 12.0. The molecule has 4 heteroatoms. The number of rotatable bonds is 2. The van der Waals surface area contributed by atoms with Gasteiger partial charge in [0.25, 0.3) is 0 Å². The standard InChI is InChI=1S/C21H34N2O2/c1-14-16-13-21(6,7)25-19(16)18(24-8)15(2)17(14)22-9-11-23(12-10-22)20(3,4)5/h9-13H2,1-8H3. The van der Waals surface area contributed by atoms with Gasteiger partial charge >= 0.3 is 0 Å². The number of nitrogens with zero attached hydrogens (tertiary/aromatic N) is 2. The van der Waals surface area contributed by atoms with Gasteiger partial charge in [-0.2, -0.15) is 0 Å². The van der Waals surface area contributed by atoms with E-state index in [1.807, 2.05) is 0 Å². The molecule has 1 saturated heterocycles. The van der Waals surface area contributed by atoms with Gasteiger partial charge in [-0.15, -0.1) is 0 Å². The first-order valence-electron chi connectivity index (χ1n) is 9.44. The molecule has 1 aromatic carbocycles. The second kappa shape index (κ2) is 6.08. The minimum absolute atomic E-state index is 0.156. The fourth-order valence-electron chi connectivity index (χ4n) is 4.39. The van der Waals surface area contributed by atoms with Crippen LogP contribution in [0.5, 0.6) is 11.5 Å². The number of benzene rings is 1. The Hall–Kier alpha value is -1.42. The minimum Gasteiger partial charge on any atom is -0.492 e. The van der Waals surface area contributed by atoms with Crippen LogP contribution in [0.3, 0.4) is 0 Å². The Morgan fingerprint density at radius 2 is 1.60 bits per heavy atom. The van der Waals surface area contributed by atoms with Crippen LogP contribution in [0.15, 0.2) is 0 Å². The molecule has 4 nitrogen and oxygen atoms in total. The second-order valence-electron chi connectivity index (χ2n) is 9.12. The maximum absolute atomic E-state index is 6.23. The Bertz CT molecular complexity index is 666. The number of hydrogen-bond acceptors (Lipinski definition) is 4. The SMILES string of the molecule is COc1c(C)c(N2CCN(C(C)(C)C)CC2)c(C)c2c1OC(C)(C)C2.